The summed E-state index contributed by atoms with van der Waals surface area (Å²) in [5.74, 6) is 0.270. The van der Waals surface area contributed by atoms with E-state index in [1.165, 1.54) is 13.2 Å². The van der Waals surface area contributed by atoms with Crippen LogP contribution in [0.4, 0.5) is 15.9 Å². The van der Waals surface area contributed by atoms with E-state index in [1.807, 2.05) is 0 Å². The Morgan fingerprint density at radius 2 is 2.15 bits per heavy atom. The zero-order valence-corrected chi connectivity index (χ0v) is 11.1. The standard InChI is InChI=1S/C14H15FN4O/c1-20-14-18-11-6-7-16-8-9(11)13(19-14)17-12-5-3-2-4-10(12)15/h2-5,16H,6-8H2,1H3,(H,17,18,19). The molecule has 0 saturated heterocycles. The predicted molar refractivity (Wildman–Crippen MR) is 73.7 cm³/mol. The summed E-state index contributed by atoms with van der Waals surface area (Å²) in [6.45, 7) is 1.53. The molecule has 0 aliphatic carbocycles. The van der Waals surface area contributed by atoms with Gasteiger partial charge in [0.15, 0.2) is 0 Å². The summed E-state index contributed by atoms with van der Waals surface area (Å²) < 4.78 is 18.8. The lowest BCUT2D eigenvalue weighted by molar-refractivity contribution is 0.377. The molecule has 20 heavy (non-hydrogen) atoms. The summed E-state index contributed by atoms with van der Waals surface area (Å²) in [4.78, 5) is 8.64. The van der Waals surface area contributed by atoms with Crippen LogP contribution in [0.3, 0.4) is 0 Å². The van der Waals surface area contributed by atoms with Crippen molar-refractivity contribution in [1.82, 2.24) is 15.3 Å². The van der Waals surface area contributed by atoms with Crippen LogP contribution in [0.5, 0.6) is 6.01 Å². The molecule has 2 heterocycles. The molecule has 1 aliphatic rings. The molecule has 6 heteroatoms. The van der Waals surface area contributed by atoms with Gasteiger partial charge in [0.05, 0.1) is 18.5 Å². The quantitative estimate of drug-likeness (QED) is 0.896. The summed E-state index contributed by atoms with van der Waals surface area (Å²) in [6, 6.07) is 6.80. The van der Waals surface area contributed by atoms with Crippen LogP contribution >= 0.6 is 0 Å². The van der Waals surface area contributed by atoms with E-state index in [-0.39, 0.29) is 5.82 Å². The maximum atomic E-state index is 13.7. The number of benzene rings is 1. The second-order valence-electron chi connectivity index (χ2n) is 4.52. The maximum Gasteiger partial charge on any atom is 0.318 e. The summed E-state index contributed by atoms with van der Waals surface area (Å²) >= 11 is 0. The van der Waals surface area contributed by atoms with E-state index in [2.05, 4.69) is 20.6 Å². The van der Waals surface area contributed by atoms with Gasteiger partial charge < -0.3 is 15.4 Å². The van der Waals surface area contributed by atoms with Gasteiger partial charge in [0.25, 0.3) is 0 Å². The van der Waals surface area contributed by atoms with E-state index in [4.69, 9.17) is 4.74 Å². The van der Waals surface area contributed by atoms with Crippen molar-refractivity contribution < 1.29 is 9.13 Å². The second kappa shape index (κ2) is 5.42. The van der Waals surface area contributed by atoms with Crippen LogP contribution in [0, 0.1) is 5.82 Å². The van der Waals surface area contributed by atoms with Gasteiger partial charge in [0.1, 0.15) is 11.6 Å². The Labute approximate surface area is 116 Å². The lowest BCUT2D eigenvalue weighted by Crippen LogP contribution is -2.26. The van der Waals surface area contributed by atoms with Crippen molar-refractivity contribution in [2.24, 2.45) is 0 Å². The van der Waals surface area contributed by atoms with Crippen molar-refractivity contribution in [3.63, 3.8) is 0 Å². The first kappa shape index (κ1) is 12.8. The molecule has 0 amide bonds. The molecule has 0 bridgehead atoms. The summed E-state index contributed by atoms with van der Waals surface area (Å²) in [7, 11) is 1.52. The number of halogens is 1. The summed E-state index contributed by atoms with van der Waals surface area (Å²) in [5, 5.41) is 6.29. The number of hydrogen-bond acceptors (Lipinski definition) is 5. The second-order valence-corrected chi connectivity index (χ2v) is 4.52. The molecule has 5 nitrogen and oxygen atoms in total. The van der Waals surface area contributed by atoms with Crippen molar-refractivity contribution in [1.29, 1.82) is 0 Å². The molecule has 1 aliphatic heterocycles. The highest BCUT2D eigenvalue weighted by Gasteiger charge is 2.18. The third-order valence-electron chi connectivity index (χ3n) is 3.22. The van der Waals surface area contributed by atoms with Gasteiger partial charge in [-0.25, -0.2) is 4.39 Å². The molecule has 2 aromatic rings. The fourth-order valence-electron chi connectivity index (χ4n) is 2.21. The molecule has 104 valence electrons. The van der Waals surface area contributed by atoms with Gasteiger partial charge in [0, 0.05) is 25.1 Å². The van der Waals surface area contributed by atoms with E-state index >= 15 is 0 Å². The van der Waals surface area contributed by atoms with Crippen LogP contribution in [0.2, 0.25) is 0 Å². The van der Waals surface area contributed by atoms with Crippen LogP contribution in [-0.4, -0.2) is 23.6 Å². The third-order valence-corrected chi connectivity index (χ3v) is 3.22. The van der Waals surface area contributed by atoms with Crippen LogP contribution in [-0.2, 0) is 13.0 Å². The first-order valence-corrected chi connectivity index (χ1v) is 6.44. The molecule has 0 spiro atoms. The van der Waals surface area contributed by atoms with E-state index in [0.717, 1.165) is 24.2 Å². The molecule has 0 saturated carbocycles. The first-order chi connectivity index (χ1) is 9.78. The van der Waals surface area contributed by atoms with E-state index in [0.29, 0.717) is 24.1 Å². The smallest absolute Gasteiger partial charge is 0.318 e. The van der Waals surface area contributed by atoms with Gasteiger partial charge in [-0.2, -0.15) is 9.97 Å². The van der Waals surface area contributed by atoms with Gasteiger partial charge in [-0.15, -0.1) is 0 Å². The van der Waals surface area contributed by atoms with Gasteiger partial charge >= 0.3 is 6.01 Å². The fraction of sp³-hybridized carbons (Fsp3) is 0.286. The Bertz CT molecular complexity index is 633. The monoisotopic (exact) mass is 274 g/mol. The van der Waals surface area contributed by atoms with E-state index in [1.54, 1.807) is 18.2 Å². The molecule has 0 atom stereocenters. The number of methoxy groups -OCH3 is 1. The fourth-order valence-corrected chi connectivity index (χ4v) is 2.21. The average molecular weight is 274 g/mol. The Balaban J connectivity index is 2.02. The molecule has 0 radical (unpaired) electrons. The minimum Gasteiger partial charge on any atom is -0.467 e. The average Bonchev–Trinajstić information content (AvgIpc) is 2.49. The van der Waals surface area contributed by atoms with Crippen LogP contribution in [0.15, 0.2) is 24.3 Å². The zero-order valence-electron chi connectivity index (χ0n) is 11.1. The first-order valence-electron chi connectivity index (χ1n) is 6.44. The molecule has 2 N–H and O–H groups in total. The number of fused-ring (bicyclic) bond motifs is 1. The minimum absolute atomic E-state index is 0.296. The number of nitrogens with zero attached hydrogens (tertiary/aromatic N) is 2. The molecular weight excluding hydrogens is 259 g/mol. The number of hydrogen-bond donors (Lipinski definition) is 2. The van der Waals surface area contributed by atoms with Crippen LogP contribution < -0.4 is 15.4 Å². The van der Waals surface area contributed by atoms with Crippen molar-refractivity contribution in [2.45, 2.75) is 13.0 Å². The minimum atomic E-state index is -0.317. The SMILES string of the molecule is COc1nc2c(c(Nc3ccccc3F)n1)CNCC2. The lowest BCUT2D eigenvalue weighted by atomic mass is 10.1. The van der Waals surface area contributed by atoms with Crippen molar-refractivity contribution in [3.8, 4) is 6.01 Å². The Hall–Kier alpha value is -2.21. The van der Waals surface area contributed by atoms with Crippen molar-refractivity contribution in [2.75, 3.05) is 19.0 Å². The topological polar surface area (TPSA) is 59.1 Å². The van der Waals surface area contributed by atoms with Crippen LogP contribution in [0.25, 0.3) is 0 Å². The number of ether oxygens (including phenoxy) is 1. The Morgan fingerprint density at radius 3 is 2.95 bits per heavy atom. The van der Waals surface area contributed by atoms with E-state index in [9.17, 15) is 4.39 Å². The van der Waals surface area contributed by atoms with Gasteiger partial charge in [0.2, 0.25) is 0 Å². The van der Waals surface area contributed by atoms with Crippen molar-refractivity contribution in [3.05, 3.63) is 41.3 Å². The number of rotatable bonds is 3. The normalized spacial score (nSPS) is 13.7. The highest BCUT2D eigenvalue weighted by Crippen LogP contribution is 2.26. The maximum absolute atomic E-state index is 13.7. The predicted octanol–water partition coefficient (Wildman–Crippen LogP) is 2.01. The van der Waals surface area contributed by atoms with Crippen molar-refractivity contribution >= 4 is 11.5 Å². The zero-order chi connectivity index (χ0) is 13.9. The molecule has 1 aromatic carbocycles. The number of anilines is 2. The molecule has 0 unspecified atom stereocenters. The van der Waals surface area contributed by atoms with Gasteiger partial charge in [-0.3, -0.25) is 0 Å². The number of nitrogens with one attached hydrogen (secondary N) is 2. The third kappa shape index (κ3) is 2.42. The molecule has 1 aromatic heterocycles. The Morgan fingerprint density at radius 1 is 1.30 bits per heavy atom. The van der Waals surface area contributed by atoms with E-state index < -0.39 is 0 Å². The van der Waals surface area contributed by atoms with Crippen LogP contribution in [0.1, 0.15) is 11.3 Å². The molecule has 0 fully saturated rings. The largest absolute Gasteiger partial charge is 0.467 e. The lowest BCUT2D eigenvalue weighted by Gasteiger charge is -2.20. The number of aromatic nitrogens is 2. The molecule has 3 rings (SSSR count). The Kier molecular flexibility index (Phi) is 3.47. The van der Waals surface area contributed by atoms with Gasteiger partial charge in [-0.1, -0.05) is 12.1 Å². The highest BCUT2D eigenvalue weighted by atomic mass is 19.1. The summed E-state index contributed by atoms with van der Waals surface area (Å²) in [5.41, 5.74) is 2.29. The highest BCUT2D eigenvalue weighted by molar-refractivity contribution is 5.61. The summed E-state index contributed by atoms with van der Waals surface area (Å²) in [6.07, 6.45) is 0.806. The molecular formula is C14H15FN4O. The van der Waals surface area contributed by atoms with Gasteiger partial charge in [-0.05, 0) is 12.1 Å². The number of para-hydroxylation sites is 1.